The van der Waals surface area contributed by atoms with E-state index in [1.54, 1.807) is 0 Å². The molecule has 1 fully saturated rings. The van der Waals surface area contributed by atoms with Crippen LogP contribution in [0.3, 0.4) is 0 Å². The minimum absolute atomic E-state index is 0.0315. The van der Waals surface area contributed by atoms with Crippen molar-refractivity contribution in [2.75, 3.05) is 11.5 Å². The van der Waals surface area contributed by atoms with Gasteiger partial charge in [0.05, 0.1) is 6.04 Å². The van der Waals surface area contributed by atoms with Gasteiger partial charge in [-0.05, 0) is 18.0 Å². The highest BCUT2D eigenvalue weighted by atomic mass is 35.5. The second-order valence-electron chi connectivity index (χ2n) is 3.06. The monoisotopic (exact) mass is 228 g/mol. The smallest absolute Gasteiger partial charge is 0.417 e. The molecule has 1 atom stereocenters. The number of hydrogen-bond acceptors (Lipinski definition) is 5. The average Bonchev–Trinajstić information content (AvgIpc) is 2.59. The van der Waals surface area contributed by atoms with Crippen molar-refractivity contribution in [2.45, 2.75) is 19.4 Å². The first-order valence-corrected chi connectivity index (χ1v) is 4.90. The van der Waals surface area contributed by atoms with Crippen LogP contribution in [0.1, 0.15) is 13.3 Å². The Morgan fingerprint density at radius 3 is 3.13 bits per heavy atom. The zero-order valence-corrected chi connectivity index (χ0v) is 8.81. The molecule has 0 unspecified atom stereocenters. The lowest BCUT2D eigenvalue weighted by atomic mass is 10.2. The van der Waals surface area contributed by atoms with Crippen LogP contribution in [0.4, 0.5) is 10.7 Å². The van der Waals surface area contributed by atoms with E-state index in [1.165, 1.54) is 11.2 Å². The summed E-state index contributed by atoms with van der Waals surface area (Å²) in [6, 6.07) is -0.0315. The number of amides is 1. The van der Waals surface area contributed by atoms with Crippen molar-refractivity contribution in [3.63, 3.8) is 0 Å². The van der Waals surface area contributed by atoms with Crippen LogP contribution in [-0.4, -0.2) is 33.7 Å². The molecule has 15 heavy (non-hydrogen) atoms. The molecule has 2 heterocycles. The fraction of sp³-hybridized carbons (Fsp3) is 0.500. The molecule has 1 aromatic rings. The fourth-order valence-electron chi connectivity index (χ4n) is 1.39. The predicted octanol–water partition coefficient (Wildman–Crippen LogP) is 1.26. The number of halogens is 1. The molecule has 1 saturated heterocycles. The zero-order valence-electron chi connectivity index (χ0n) is 8.05. The normalized spacial score (nSPS) is 20.5. The quantitative estimate of drug-likeness (QED) is 0.762. The summed E-state index contributed by atoms with van der Waals surface area (Å²) in [5.41, 5.74) is 0. The van der Waals surface area contributed by atoms with Crippen molar-refractivity contribution in [1.29, 1.82) is 0 Å². The molecule has 1 amide bonds. The van der Waals surface area contributed by atoms with Gasteiger partial charge in [-0.2, -0.15) is 4.98 Å². The third-order valence-corrected chi connectivity index (χ3v) is 2.36. The second-order valence-corrected chi connectivity index (χ2v) is 3.40. The van der Waals surface area contributed by atoms with Crippen LogP contribution in [0.25, 0.3) is 0 Å². The molecule has 1 aliphatic rings. The average molecular weight is 229 g/mol. The molecule has 1 aromatic heterocycles. The topological polar surface area (TPSA) is 68.2 Å². The summed E-state index contributed by atoms with van der Waals surface area (Å²) >= 11 is 5.62. The predicted molar refractivity (Wildman–Crippen MR) is 52.7 cm³/mol. The largest absolute Gasteiger partial charge is 0.447 e. The summed E-state index contributed by atoms with van der Waals surface area (Å²) in [5, 5.41) is 0.0644. The zero-order chi connectivity index (χ0) is 10.8. The Morgan fingerprint density at radius 1 is 1.67 bits per heavy atom. The third kappa shape index (κ3) is 1.85. The Labute approximate surface area is 91.2 Å². The molecular formula is C8H9ClN4O2. The van der Waals surface area contributed by atoms with E-state index in [4.69, 9.17) is 16.3 Å². The molecule has 80 valence electrons. The van der Waals surface area contributed by atoms with Gasteiger partial charge < -0.3 is 4.74 Å². The summed E-state index contributed by atoms with van der Waals surface area (Å²) in [6.07, 6.45) is 1.60. The maximum atomic E-state index is 11.4. The summed E-state index contributed by atoms with van der Waals surface area (Å²) in [4.78, 5) is 24.2. The van der Waals surface area contributed by atoms with Crippen LogP contribution in [-0.2, 0) is 4.74 Å². The molecule has 7 heteroatoms. The van der Waals surface area contributed by atoms with Crippen molar-refractivity contribution in [3.05, 3.63) is 11.6 Å². The van der Waals surface area contributed by atoms with Crippen molar-refractivity contribution >= 4 is 23.6 Å². The highest BCUT2D eigenvalue weighted by molar-refractivity contribution is 6.28. The Bertz CT molecular complexity index is 387. The number of ether oxygens (including phenoxy) is 1. The number of hydrogen-bond donors (Lipinski definition) is 0. The highest BCUT2D eigenvalue weighted by Crippen LogP contribution is 2.21. The van der Waals surface area contributed by atoms with Crippen LogP contribution in [0.2, 0.25) is 5.28 Å². The van der Waals surface area contributed by atoms with E-state index in [2.05, 4.69) is 15.0 Å². The van der Waals surface area contributed by atoms with Crippen molar-refractivity contribution in [2.24, 2.45) is 0 Å². The van der Waals surface area contributed by atoms with Crippen molar-refractivity contribution in [3.8, 4) is 0 Å². The van der Waals surface area contributed by atoms with E-state index in [-0.39, 0.29) is 17.3 Å². The van der Waals surface area contributed by atoms with Gasteiger partial charge in [0.25, 0.3) is 0 Å². The van der Waals surface area contributed by atoms with Gasteiger partial charge in [-0.15, -0.1) is 0 Å². The number of cyclic esters (lactones) is 1. The fourth-order valence-corrected chi connectivity index (χ4v) is 1.51. The maximum Gasteiger partial charge on any atom is 0.417 e. The number of nitrogens with zero attached hydrogens (tertiary/aromatic N) is 4. The lowest BCUT2D eigenvalue weighted by Crippen LogP contribution is -2.34. The van der Waals surface area contributed by atoms with E-state index in [0.717, 1.165) is 6.42 Å². The maximum absolute atomic E-state index is 11.4. The van der Waals surface area contributed by atoms with Crippen LogP contribution >= 0.6 is 11.6 Å². The first-order valence-electron chi connectivity index (χ1n) is 4.53. The number of carbonyl (C=O) groups is 1. The standard InChI is InChI=1S/C8H9ClN4O2/c1-2-5-3-15-8(14)13(5)7-11-4-10-6(9)12-7/h4-5H,2-3H2,1H3/t5-/m0/s1. The molecule has 6 nitrogen and oxygen atoms in total. The Hall–Kier alpha value is -1.43. The Balaban J connectivity index is 2.32. The van der Waals surface area contributed by atoms with Gasteiger partial charge in [-0.1, -0.05) is 6.92 Å². The highest BCUT2D eigenvalue weighted by Gasteiger charge is 2.34. The van der Waals surface area contributed by atoms with E-state index in [0.29, 0.717) is 6.61 Å². The van der Waals surface area contributed by atoms with Gasteiger partial charge in [-0.3, -0.25) is 0 Å². The van der Waals surface area contributed by atoms with Gasteiger partial charge >= 0.3 is 6.09 Å². The molecule has 0 radical (unpaired) electrons. The van der Waals surface area contributed by atoms with Gasteiger partial charge in [-0.25, -0.2) is 19.7 Å². The molecule has 0 aromatic carbocycles. The number of aromatic nitrogens is 3. The molecule has 2 rings (SSSR count). The number of anilines is 1. The summed E-state index contributed by atoms with van der Waals surface area (Å²) < 4.78 is 4.91. The number of rotatable bonds is 2. The molecular weight excluding hydrogens is 220 g/mol. The van der Waals surface area contributed by atoms with Crippen LogP contribution in [0, 0.1) is 0 Å². The summed E-state index contributed by atoms with van der Waals surface area (Å²) in [6.45, 7) is 2.32. The van der Waals surface area contributed by atoms with E-state index in [9.17, 15) is 4.79 Å². The summed E-state index contributed by atoms with van der Waals surface area (Å²) in [5.74, 6) is 0.240. The van der Waals surface area contributed by atoms with Gasteiger partial charge in [0.15, 0.2) is 0 Å². The SMILES string of the molecule is CC[C@H]1COC(=O)N1c1ncnc(Cl)n1. The van der Waals surface area contributed by atoms with E-state index in [1.807, 2.05) is 6.92 Å². The van der Waals surface area contributed by atoms with E-state index >= 15 is 0 Å². The van der Waals surface area contributed by atoms with Crippen molar-refractivity contribution < 1.29 is 9.53 Å². The second kappa shape index (κ2) is 3.98. The van der Waals surface area contributed by atoms with E-state index < -0.39 is 6.09 Å². The first-order chi connectivity index (χ1) is 7.22. The molecule has 0 N–H and O–H groups in total. The minimum atomic E-state index is -0.441. The van der Waals surface area contributed by atoms with Gasteiger partial charge in [0.2, 0.25) is 11.2 Å². The Kier molecular flexibility index (Phi) is 2.68. The molecule has 0 saturated carbocycles. The summed E-state index contributed by atoms with van der Waals surface area (Å²) in [7, 11) is 0. The van der Waals surface area contributed by atoms with Gasteiger partial charge in [0, 0.05) is 0 Å². The van der Waals surface area contributed by atoms with Crippen LogP contribution in [0.5, 0.6) is 0 Å². The minimum Gasteiger partial charge on any atom is -0.447 e. The lowest BCUT2D eigenvalue weighted by Gasteiger charge is -2.16. The lowest BCUT2D eigenvalue weighted by molar-refractivity contribution is 0.178. The molecule has 0 spiro atoms. The van der Waals surface area contributed by atoms with Crippen LogP contribution < -0.4 is 4.90 Å². The molecule has 0 aliphatic carbocycles. The molecule has 0 bridgehead atoms. The Morgan fingerprint density at radius 2 is 2.47 bits per heavy atom. The molecule has 1 aliphatic heterocycles. The van der Waals surface area contributed by atoms with Gasteiger partial charge in [0.1, 0.15) is 12.9 Å². The first kappa shape index (κ1) is 10.1. The number of carbonyl (C=O) groups excluding carboxylic acids is 1. The van der Waals surface area contributed by atoms with Crippen molar-refractivity contribution in [1.82, 2.24) is 15.0 Å². The van der Waals surface area contributed by atoms with Crippen LogP contribution in [0.15, 0.2) is 6.33 Å². The third-order valence-electron chi connectivity index (χ3n) is 2.18.